The van der Waals surface area contributed by atoms with Gasteiger partial charge in [-0.1, -0.05) is 32.0 Å². The number of para-hydroxylation sites is 1. The van der Waals surface area contributed by atoms with Gasteiger partial charge < -0.3 is 25.3 Å². The third-order valence-electron chi connectivity index (χ3n) is 8.02. The van der Waals surface area contributed by atoms with Crippen molar-refractivity contribution in [3.8, 4) is 0 Å². The molecule has 0 saturated carbocycles. The first kappa shape index (κ1) is 25.5. The van der Waals surface area contributed by atoms with Crippen LogP contribution in [0.1, 0.15) is 35.3 Å². The summed E-state index contributed by atoms with van der Waals surface area (Å²) in [4.78, 5) is 32.7. The third-order valence-corrected chi connectivity index (χ3v) is 8.02. The Kier molecular flexibility index (Phi) is 7.64. The summed E-state index contributed by atoms with van der Waals surface area (Å²) in [5, 5.41) is 6.30. The zero-order valence-corrected chi connectivity index (χ0v) is 22.1. The van der Waals surface area contributed by atoms with E-state index in [4.69, 9.17) is 0 Å². The average molecular weight is 506 g/mol. The van der Waals surface area contributed by atoms with Crippen LogP contribution in [0.4, 0.5) is 16.2 Å². The van der Waals surface area contributed by atoms with Crippen LogP contribution in [0, 0.1) is 5.92 Å². The van der Waals surface area contributed by atoms with Gasteiger partial charge >= 0.3 is 6.03 Å². The molecule has 3 saturated heterocycles. The van der Waals surface area contributed by atoms with Crippen molar-refractivity contribution in [2.75, 3.05) is 56.5 Å². The Morgan fingerprint density at radius 2 is 1.59 bits per heavy atom. The molecule has 5 rings (SSSR count). The number of carbonyl (C=O) groups is 2. The molecule has 0 aromatic heterocycles. The highest BCUT2D eigenvalue weighted by atomic mass is 16.2. The summed E-state index contributed by atoms with van der Waals surface area (Å²) in [6.07, 6.45) is 1.48. The van der Waals surface area contributed by atoms with Crippen LogP contribution in [0.5, 0.6) is 0 Å². The number of amides is 3. The molecular weight excluding hydrogens is 466 g/mol. The maximum absolute atomic E-state index is 13.2. The summed E-state index contributed by atoms with van der Waals surface area (Å²) >= 11 is 0. The Hall–Kier alpha value is -3.14. The molecule has 3 atom stereocenters. The van der Waals surface area contributed by atoms with Crippen molar-refractivity contribution in [1.29, 1.82) is 0 Å². The molecule has 9 nitrogen and oxygen atoms in total. The van der Waals surface area contributed by atoms with E-state index in [0.717, 1.165) is 61.5 Å². The molecule has 4 N–H and O–H groups in total. The second kappa shape index (κ2) is 11.1. The second-order valence-electron chi connectivity index (χ2n) is 10.3. The molecule has 0 bridgehead atoms. The Labute approximate surface area is 219 Å². The van der Waals surface area contributed by atoms with Gasteiger partial charge in [0.25, 0.3) is 5.91 Å². The first-order valence-corrected chi connectivity index (χ1v) is 13.5. The lowest BCUT2D eigenvalue weighted by Gasteiger charge is -2.34. The molecular formula is C28H39N7O2. The van der Waals surface area contributed by atoms with Crippen molar-refractivity contribution >= 4 is 23.3 Å². The molecule has 2 aromatic carbocycles. The van der Waals surface area contributed by atoms with E-state index in [1.807, 2.05) is 29.2 Å². The fraction of sp³-hybridized carbons (Fsp3) is 0.500. The summed E-state index contributed by atoms with van der Waals surface area (Å²) < 4.78 is 0. The monoisotopic (exact) mass is 505 g/mol. The normalized spacial score (nSPS) is 23.7. The maximum Gasteiger partial charge on any atom is 0.321 e. The molecule has 9 heteroatoms. The summed E-state index contributed by atoms with van der Waals surface area (Å²) in [6.45, 7) is 9.45. The summed E-state index contributed by atoms with van der Waals surface area (Å²) in [5.41, 5.74) is 11.5. The zero-order valence-electron chi connectivity index (χ0n) is 22.1. The number of urea groups is 1. The molecule has 3 fully saturated rings. The predicted molar refractivity (Wildman–Crippen MR) is 147 cm³/mol. The minimum Gasteiger partial charge on any atom is -0.369 e. The maximum atomic E-state index is 13.2. The Balaban J connectivity index is 1.18. The summed E-state index contributed by atoms with van der Waals surface area (Å²) in [6, 6.07) is 14.1. The number of fused-ring (bicyclic) bond motifs is 1. The van der Waals surface area contributed by atoms with Crippen molar-refractivity contribution in [1.82, 2.24) is 26.0 Å². The van der Waals surface area contributed by atoms with Gasteiger partial charge in [0.2, 0.25) is 0 Å². The molecule has 3 unspecified atom stereocenters. The quantitative estimate of drug-likeness (QED) is 0.482. The minimum absolute atomic E-state index is 0.0859. The number of benzene rings is 2. The van der Waals surface area contributed by atoms with Crippen LogP contribution in [0.3, 0.4) is 0 Å². The van der Waals surface area contributed by atoms with E-state index in [1.165, 1.54) is 0 Å². The van der Waals surface area contributed by atoms with Gasteiger partial charge in [-0.15, -0.1) is 0 Å². The molecule has 3 heterocycles. The first-order chi connectivity index (χ1) is 18.0. The number of carbonyl (C=O) groups excluding carboxylic acids is 2. The lowest BCUT2D eigenvalue weighted by Crippen LogP contribution is -2.49. The molecule has 0 spiro atoms. The van der Waals surface area contributed by atoms with Crippen LogP contribution < -0.4 is 26.4 Å². The molecule has 3 aliphatic heterocycles. The molecule has 0 aliphatic carbocycles. The van der Waals surface area contributed by atoms with Crippen LogP contribution in [0.2, 0.25) is 0 Å². The number of rotatable bonds is 6. The first-order valence-electron chi connectivity index (χ1n) is 13.5. The third kappa shape index (κ3) is 5.44. The number of hydrogen-bond donors (Lipinski definition) is 4. The van der Waals surface area contributed by atoms with E-state index in [1.54, 1.807) is 0 Å². The van der Waals surface area contributed by atoms with Crippen molar-refractivity contribution in [3.05, 3.63) is 59.2 Å². The van der Waals surface area contributed by atoms with Gasteiger partial charge in [0.05, 0.1) is 6.17 Å². The van der Waals surface area contributed by atoms with Crippen LogP contribution in [-0.2, 0) is 12.8 Å². The standard InChI is InChI=1S/C28H39N7O2/c1-4-19-7-6-8-20(5-2)25(19)29-28(37)35-17-23-24(18-35)31-32-26(23)30-27(36)21-9-11-22(12-10-21)34-15-13-33(3)14-16-34/h6-12,23-24,26,31-32H,4-5,13-18H2,1-3H3,(H,29,37)(H,30,36). The van der Waals surface area contributed by atoms with Crippen molar-refractivity contribution in [3.63, 3.8) is 0 Å². The Bertz CT molecular complexity index is 1090. The van der Waals surface area contributed by atoms with Crippen LogP contribution in [0.25, 0.3) is 0 Å². The molecule has 198 valence electrons. The van der Waals surface area contributed by atoms with E-state index >= 15 is 0 Å². The molecule has 3 aliphatic rings. The zero-order chi connectivity index (χ0) is 25.9. The topological polar surface area (TPSA) is 92.0 Å². The number of piperazine rings is 1. The van der Waals surface area contributed by atoms with Crippen molar-refractivity contribution in [2.45, 2.75) is 38.9 Å². The number of anilines is 2. The number of likely N-dealkylation sites (tertiary alicyclic amines) is 1. The van der Waals surface area contributed by atoms with Crippen LogP contribution >= 0.6 is 0 Å². The van der Waals surface area contributed by atoms with Gasteiger partial charge in [-0.3, -0.25) is 10.2 Å². The van der Waals surface area contributed by atoms with Gasteiger partial charge in [0.15, 0.2) is 0 Å². The highest BCUT2D eigenvalue weighted by Gasteiger charge is 2.45. The number of aryl methyl sites for hydroxylation is 2. The number of hydrogen-bond acceptors (Lipinski definition) is 6. The lowest BCUT2D eigenvalue weighted by atomic mass is 10.0. The minimum atomic E-state index is -0.248. The van der Waals surface area contributed by atoms with Crippen LogP contribution in [-0.4, -0.2) is 80.3 Å². The fourth-order valence-corrected chi connectivity index (χ4v) is 5.63. The number of hydrazine groups is 1. The fourth-order valence-electron chi connectivity index (χ4n) is 5.63. The smallest absolute Gasteiger partial charge is 0.321 e. The largest absolute Gasteiger partial charge is 0.369 e. The SMILES string of the molecule is CCc1cccc(CC)c1NC(=O)N1CC2NNC(NC(=O)c3ccc(N4CCN(C)CC4)cc3)C2C1. The predicted octanol–water partition coefficient (Wildman–Crippen LogP) is 2.26. The lowest BCUT2D eigenvalue weighted by molar-refractivity contribution is 0.0921. The van der Waals surface area contributed by atoms with Crippen LogP contribution in [0.15, 0.2) is 42.5 Å². The second-order valence-corrected chi connectivity index (χ2v) is 10.3. The van der Waals surface area contributed by atoms with E-state index in [9.17, 15) is 9.59 Å². The molecule has 2 aromatic rings. The van der Waals surface area contributed by atoms with Gasteiger partial charge in [-0.05, 0) is 55.3 Å². The number of nitrogens with zero attached hydrogens (tertiary/aromatic N) is 3. The van der Waals surface area contributed by atoms with E-state index in [-0.39, 0.29) is 30.1 Å². The molecule has 37 heavy (non-hydrogen) atoms. The van der Waals surface area contributed by atoms with E-state index < -0.39 is 0 Å². The van der Waals surface area contributed by atoms with Gasteiger partial charge in [0.1, 0.15) is 0 Å². The molecule has 0 radical (unpaired) electrons. The number of likely N-dealkylation sites (N-methyl/N-ethyl adjacent to an activating group) is 1. The van der Waals surface area contributed by atoms with Crippen molar-refractivity contribution < 1.29 is 9.59 Å². The van der Waals surface area contributed by atoms with Gasteiger partial charge in [-0.25, -0.2) is 10.2 Å². The van der Waals surface area contributed by atoms with Gasteiger partial charge in [-0.2, -0.15) is 0 Å². The Morgan fingerprint density at radius 1 is 0.919 bits per heavy atom. The molecule has 3 amide bonds. The average Bonchev–Trinajstić information content (AvgIpc) is 3.51. The number of nitrogens with one attached hydrogen (secondary N) is 4. The summed E-state index contributed by atoms with van der Waals surface area (Å²) in [7, 11) is 2.14. The van der Waals surface area contributed by atoms with E-state index in [2.05, 4.69) is 70.4 Å². The van der Waals surface area contributed by atoms with Gasteiger partial charge in [0, 0.05) is 68.2 Å². The Morgan fingerprint density at radius 3 is 2.24 bits per heavy atom. The van der Waals surface area contributed by atoms with Crippen molar-refractivity contribution in [2.24, 2.45) is 5.92 Å². The highest BCUT2D eigenvalue weighted by Crippen LogP contribution is 2.27. The summed E-state index contributed by atoms with van der Waals surface area (Å²) in [5.74, 6) is -0.0244. The van der Waals surface area contributed by atoms with E-state index in [0.29, 0.717) is 18.7 Å². The highest BCUT2D eigenvalue weighted by molar-refractivity contribution is 5.95.